The smallest absolute Gasteiger partial charge is 0.159 e. The van der Waals surface area contributed by atoms with Crippen LogP contribution in [0.15, 0.2) is 36.8 Å². The fourth-order valence-electron chi connectivity index (χ4n) is 6.64. The molecule has 0 bridgehead atoms. The second kappa shape index (κ2) is 7.24. The van der Waals surface area contributed by atoms with Gasteiger partial charge >= 0.3 is 0 Å². The summed E-state index contributed by atoms with van der Waals surface area (Å²) in [5.74, 6) is 2.07. The van der Waals surface area contributed by atoms with Crippen LogP contribution in [0.2, 0.25) is 0 Å². The van der Waals surface area contributed by atoms with Crippen LogP contribution in [0, 0.1) is 22.7 Å². The summed E-state index contributed by atoms with van der Waals surface area (Å²) < 4.78 is 7.60. The van der Waals surface area contributed by atoms with Gasteiger partial charge in [0.1, 0.15) is 12.1 Å². The summed E-state index contributed by atoms with van der Waals surface area (Å²) >= 11 is 0. The van der Waals surface area contributed by atoms with E-state index in [1.54, 1.807) is 6.33 Å². The van der Waals surface area contributed by atoms with Gasteiger partial charge in [0.2, 0.25) is 0 Å². The first-order valence-electron chi connectivity index (χ1n) is 12.4. The number of fused-ring (bicyclic) bond motifs is 2. The van der Waals surface area contributed by atoms with E-state index in [1.807, 2.05) is 16.9 Å². The van der Waals surface area contributed by atoms with Crippen molar-refractivity contribution >= 4 is 16.7 Å². The van der Waals surface area contributed by atoms with Gasteiger partial charge in [0.25, 0.3) is 0 Å². The predicted molar refractivity (Wildman–Crippen MR) is 128 cm³/mol. The molecule has 174 valence electrons. The highest BCUT2D eigenvalue weighted by atomic mass is 16.5. The Morgan fingerprint density at radius 2 is 2.00 bits per heavy atom. The first-order valence-corrected chi connectivity index (χ1v) is 12.4. The van der Waals surface area contributed by atoms with Crippen LogP contribution >= 0.6 is 0 Å². The topological polar surface area (TPSA) is 83.1 Å². The van der Waals surface area contributed by atoms with E-state index < -0.39 is 5.41 Å². The molecule has 34 heavy (non-hydrogen) atoms. The molecule has 4 heterocycles. The zero-order valence-electron chi connectivity index (χ0n) is 19.5. The number of anilines is 1. The Kier molecular flexibility index (Phi) is 4.33. The third kappa shape index (κ3) is 2.87. The molecule has 1 spiro atoms. The van der Waals surface area contributed by atoms with E-state index in [2.05, 4.69) is 56.1 Å². The number of aromatic nitrogens is 4. The average molecular weight is 456 g/mol. The average Bonchev–Trinajstić information content (AvgIpc) is 3.59. The van der Waals surface area contributed by atoms with Crippen LogP contribution in [0.4, 0.5) is 5.82 Å². The monoisotopic (exact) mass is 455 g/mol. The van der Waals surface area contributed by atoms with Crippen molar-refractivity contribution in [3.63, 3.8) is 0 Å². The Bertz CT molecular complexity index is 1310. The molecule has 8 heteroatoms. The molecule has 4 aliphatic rings. The molecule has 2 aliphatic heterocycles. The second-order valence-electron chi connectivity index (χ2n) is 10.6. The van der Waals surface area contributed by atoms with Crippen molar-refractivity contribution in [1.82, 2.24) is 24.6 Å². The number of ether oxygens (including phenoxy) is 1. The summed E-state index contributed by atoms with van der Waals surface area (Å²) in [6.45, 7) is 7.76. The lowest BCUT2D eigenvalue weighted by atomic mass is 9.50. The summed E-state index contributed by atoms with van der Waals surface area (Å²) in [7, 11) is 0. The number of morpholine rings is 1. The molecular formula is C26H29N7O. The van der Waals surface area contributed by atoms with Gasteiger partial charge in [-0.05, 0) is 42.2 Å². The molecule has 0 amide bonds. The van der Waals surface area contributed by atoms with Crippen LogP contribution in [-0.4, -0.2) is 70.1 Å². The van der Waals surface area contributed by atoms with E-state index in [0.717, 1.165) is 73.9 Å². The third-order valence-electron chi connectivity index (χ3n) is 9.08. The van der Waals surface area contributed by atoms with E-state index in [9.17, 15) is 5.26 Å². The molecule has 2 aliphatic carbocycles. The molecule has 8 nitrogen and oxygen atoms in total. The maximum absolute atomic E-state index is 10.2. The van der Waals surface area contributed by atoms with Crippen LogP contribution in [-0.2, 0) is 10.2 Å². The van der Waals surface area contributed by atoms with E-state index in [-0.39, 0.29) is 0 Å². The SMILES string of the molecule is C[C@@H]1C2(CC2)C[C@]1(C#N)c1ccc2cnn(-c3cc(N4CCN5CCOC[C@@H]5C4)ncn3)c2c1. The molecule has 2 aromatic heterocycles. The Hall–Kier alpha value is -3.02. The fraction of sp³-hybridized carbons (Fsp3) is 0.538. The lowest BCUT2D eigenvalue weighted by Crippen LogP contribution is -2.58. The summed E-state index contributed by atoms with van der Waals surface area (Å²) in [6.07, 6.45) is 7.02. The zero-order valence-corrected chi connectivity index (χ0v) is 19.5. The minimum absolute atomic E-state index is 0.391. The van der Waals surface area contributed by atoms with Crippen molar-refractivity contribution in [3.05, 3.63) is 42.4 Å². The molecule has 4 fully saturated rings. The lowest BCUT2D eigenvalue weighted by Gasteiger charge is -2.51. The normalized spacial score (nSPS) is 30.1. The van der Waals surface area contributed by atoms with Crippen LogP contribution in [0.1, 0.15) is 31.7 Å². The molecule has 3 aromatic rings. The largest absolute Gasteiger partial charge is 0.378 e. The van der Waals surface area contributed by atoms with Gasteiger partial charge in [0.05, 0.1) is 42.5 Å². The molecule has 0 radical (unpaired) electrons. The van der Waals surface area contributed by atoms with E-state index >= 15 is 0 Å². The van der Waals surface area contributed by atoms with Crippen LogP contribution in [0.25, 0.3) is 16.7 Å². The van der Waals surface area contributed by atoms with Crippen molar-refractivity contribution in [1.29, 1.82) is 5.26 Å². The quantitative estimate of drug-likeness (QED) is 0.600. The number of nitriles is 1. The van der Waals surface area contributed by atoms with Crippen LogP contribution in [0.5, 0.6) is 0 Å². The number of benzene rings is 1. The van der Waals surface area contributed by atoms with Crippen molar-refractivity contribution in [3.8, 4) is 11.9 Å². The maximum Gasteiger partial charge on any atom is 0.159 e. The summed E-state index contributed by atoms with van der Waals surface area (Å²) in [4.78, 5) is 14.0. The number of nitrogens with zero attached hydrogens (tertiary/aromatic N) is 7. The van der Waals surface area contributed by atoms with Crippen molar-refractivity contribution < 1.29 is 4.74 Å². The first-order chi connectivity index (χ1) is 16.6. The predicted octanol–water partition coefficient (Wildman–Crippen LogP) is 2.92. The molecular weight excluding hydrogens is 426 g/mol. The Balaban J connectivity index is 1.22. The minimum Gasteiger partial charge on any atom is -0.378 e. The van der Waals surface area contributed by atoms with Crippen molar-refractivity contribution in [2.45, 2.75) is 37.6 Å². The van der Waals surface area contributed by atoms with E-state index in [1.165, 1.54) is 12.8 Å². The standard InChI is InChI=1S/C26H29N7O/c1-18-25(4-5-25)15-26(18,16-27)20-3-2-19-12-30-33(22(19)10-20)24-11-23(28-17-29-24)32-7-6-31-8-9-34-14-21(31)13-32/h2-3,10-12,17-18,21H,4-9,13-15H2,1H3/t18-,21+,26-/m1/s1. The van der Waals surface area contributed by atoms with Crippen molar-refractivity contribution in [2.75, 3.05) is 44.3 Å². The van der Waals surface area contributed by atoms with Crippen LogP contribution in [0.3, 0.4) is 0 Å². The molecule has 0 unspecified atom stereocenters. The van der Waals surface area contributed by atoms with Crippen molar-refractivity contribution in [2.24, 2.45) is 11.3 Å². The van der Waals surface area contributed by atoms with E-state index in [0.29, 0.717) is 17.4 Å². The number of rotatable bonds is 3. The lowest BCUT2D eigenvalue weighted by molar-refractivity contribution is -0.0117. The molecule has 1 aromatic carbocycles. The van der Waals surface area contributed by atoms with Gasteiger partial charge in [-0.2, -0.15) is 10.4 Å². The number of piperazine rings is 1. The first kappa shape index (κ1) is 20.4. The van der Waals surface area contributed by atoms with E-state index in [4.69, 9.17) is 4.74 Å². The molecule has 2 saturated carbocycles. The second-order valence-corrected chi connectivity index (χ2v) is 10.6. The molecule has 3 atom stereocenters. The number of hydrogen-bond acceptors (Lipinski definition) is 7. The fourth-order valence-corrected chi connectivity index (χ4v) is 6.64. The minimum atomic E-state index is -0.391. The molecule has 2 saturated heterocycles. The highest BCUT2D eigenvalue weighted by molar-refractivity contribution is 5.81. The van der Waals surface area contributed by atoms with Gasteiger partial charge in [0.15, 0.2) is 5.82 Å². The highest BCUT2D eigenvalue weighted by Crippen LogP contribution is 2.72. The van der Waals surface area contributed by atoms with Gasteiger partial charge in [-0.15, -0.1) is 0 Å². The summed E-state index contributed by atoms with van der Waals surface area (Å²) in [5, 5.41) is 15.9. The van der Waals surface area contributed by atoms with Crippen LogP contribution < -0.4 is 4.90 Å². The zero-order chi connectivity index (χ0) is 22.9. The maximum atomic E-state index is 10.2. The number of hydrogen-bond donors (Lipinski definition) is 0. The van der Waals surface area contributed by atoms with Gasteiger partial charge in [-0.3, -0.25) is 4.90 Å². The third-order valence-corrected chi connectivity index (χ3v) is 9.08. The Morgan fingerprint density at radius 3 is 2.82 bits per heavy atom. The van der Waals surface area contributed by atoms with Gasteiger partial charge in [0, 0.05) is 37.6 Å². The van der Waals surface area contributed by atoms with Gasteiger partial charge < -0.3 is 9.64 Å². The van der Waals surface area contributed by atoms with Gasteiger partial charge in [-0.1, -0.05) is 19.1 Å². The summed E-state index contributed by atoms with van der Waals surface area (Å²) in [5.41, 5.74) is 2.13. The Morgan fingerprint density at radius 1 is 1.12 bits per heavy atom. The molecule has 7 rings (SSSR count). The highest BCUT2D eigenvalue weighted by Gasteiger charge is 2.67. The molecule has 0 N–H and O–H groups in total. The van der Waals surface area contributed by atoms with Gasteiger partial charge in [-0.25, -0.2) is 14.6 Å². The summed E-state index contributed by atoms with van der Waals surface area (Å²) in [6, 6.07) is 11.5. The Labute approximate surface area is 199 Å².